The molecule has 0 aliphatic heterocycles. The van der Waals surface area contributed by atoms with Gasteiger partial charge in [-0.3, -0.25) is 10.6 Å². The third-order valence-electron chi connectivity index (χ3n) is 3.11. The number of nitrogens with one attached hydrogen (secondary N) is 2. The molecule has 0 spiro atoms. The van der Waals surface area contributed by atoms with Crippen molar-refractivity contribution < 1.29 is 8.42 Å². The number of rotatable bonds is 6. The molecule has 2 rings (SSSR count). The van der Waals surface area contributed by atoms with Crippen molar-refractivity contribution in [2.24, 2.45) is 5.84 Å². The van der Waals surface area contributed by atoms with Gasteiger partial charge in [-0.05, 0) is 42.3 Å². The lowest BCUT2D eigenvalue weighted by Crippen LogP contribution is -2.14. The van der Waals surface area contributed by atoms with Crippen LogP contribution in [0.2, 0.25) is 0 Å². The van der Waals surface area contributed by atoms with Gasteiger partial charge in [0.25, 0.3) is 10.0 Å². The zero-order valence-electron chi connectivity index (χ0n) is 11.8. The summed E-state index contributed by atoms with van der Waals surface area (Å²) in [4.78, 5) is 0.202. The maximum atomic E-state index is 12.4. The summed E-state index contributed by atoms with van der Waals surface area (Å²) in [5.41, 5.74) is 4.73. The molecule has 0 radical (unpaired) electrons. The third kappa shape index (κ3) is 3.74. The molecule has 0 saturated heterocycles. The van der Waals surface area contributed by atoms with Crippen LogP contribution in [-0.2, 0) is 16.4 Å². The Balaban J connectivity index is 2.28. The van der Waals surface area contributed by atoms with Crippen molar-refractivity contribution in [2.45, 2.75) is 24.7 Å². The lowest BCUT2D eigenvalue weighted by molar-refractivity contribution is 0.601. The minimum atomic E-state index is -3.60. The number of benzene rings is 2. The number of hydrazine groups is 1. The van der Waals surface area contributed by atoms with Crippen molar-refractivity contribution in [3.63, 3.8) is 0 Å². The van der Waals surface area contributed by atoms with E-state index in [0.29, 0.717) is 11.4 Å². The fourth-order valence-corrected chi connectivity index (χ4v) is 3.14. The lowest BCUT2D eigenvalue weighted by Gasteiger charge is -2.12. The average Bonchev–Trinajstić information content (AvgIpc) is 2.49. The first-order valence-electron chi connectivity index (χ1n) is 6.74. The molecule has 0 aliphatic carbocycles. The summed E-state index contributed by atoms with van der Waals surface area (Å²) in [5, 5.41) is 0. The molecule has 5 nitrogen and oxygen atoms in total. The van der Waals surface area contributed by atoms with Crippen LogP contribution in [0.25, 0.3) is 0 Å². The Hall–Kier alpha value is -2.05. The number of hydrogen-bond acceptors (Lipinski definition) is 4. The number of nitrogen functional groups attached to an aromatic ring is 1. The van der Waals surface area contributed by atoms with E-state index in [1.807, 2.05) is 18.2 Å². The molecule has 112 valence electrons. The molecule has 2 aromatic carbocycles. The maximum Gasteiger partial charge on any atom is 0.261 e. The van der Waals surface area contributed by atoms with Crippen LogP contribution in [0.15, 0.2) is 53.4 Å². The highest BCUT2D eigenvalue weighted by molar-refractivity contribution is 7.92. The number of anilines is 2. The second kappa shape index (κ2) is 6.60. The molecule has 4 N–H and O–H groups in total. The largest absolute Gasteiger partial charge is 0.324 e. The van der Waals surface area contributed by atoms with Crippen molar-refractivity contribution in [1.29, 1.82) is 0 Å². The summed E-state index contributed by atoms with van der Waals surface area (Å²) >= 11 is 0. The molecule has 0 saturated carbocycles. The SMILES string of the molecule is CCCc1ccccc1NS(=O)(=O)c1ccc(NN)cc1. The Kier molecular flexibility index (Phi) is 4.82. The quantitative estimate of drug-likeness (QED) is 0.566. The predicted molar refractivity (Wildman–Crippen MR) is 85.5 cm³/mol. The predicted octanol–water partition coefficient (Wildman–Crippen LogP) is 2.73. The normalized spacial score (nSPS) is 11.1. The van der Waals surface area contributed by atoms with Gasteiger partial charge in [-0.2, -0.15) is 0 Å². The fourth-order valence-electron chi connectivity index (χ4n) is 2.04. The number of hydrogen-bond donors (Lipinski definition) is 3. The first kappa shape index (κ1) is 15.3. The summed E-state index contributed by atoms with van der Waals surface area (Å²) < 4.78 is 27.4. The van der Waals surface area contributed by atoms with Crippen molar-refractivity contribution in [1.82, 2.24) is 0 Å². The van der Waals surface area contributed by atoms with Gasteiger partial charge in [0, 0.05) is 5.69 Å². The minimum absolute atomic E-state index is 0.202. The molecule has 0 heterocycles. The van der Waals surface area contributed by atoms with E-state index in [1.54, 1.807) is 18.2 Å². The molecule has 21 heavy (non-hydrogen) atoms. The first-order chi connectivity index (χ1) is 10.1. The molecule has 0 amide bonds. The van der Waals surface area contributed by atoms with E-state index < -0.39 is 10.0 Å². The molecular formula is C15H19N3O2S. The second-order valence-corrected chi connectivity index (χ2v) is 6.36. The Morgan fingerprint density at radius 2 is 1.71 bits per heavy atom. The van der Waals surface area contributed by atoms with Crippen LogP contribution >= 0.6 is 0 Å². The van der Waals surface area contributed by atoms with E-state index in [1.165, 1.54) is 12.1 Å². The fraction of sp³-hybridized carbons (Fsp3) is 0.200. The molecule has 0 unspecified atom stereocenters. The summed E-state index contributed by atoms with van der Waals surface area (Å²) in [6, 6.07) is 13.7. The van der Waals surface area contributed by atoms with Gasteiger partial charge in [-0.1, -0.05) is 31.5 Å². The van der Waals surface area contributed by atoms with Crippen LogP contribution in [0.4, 0.5) is 11.4 Å². The molecule has 2 aromatic rings. The van der Waals surface area contributed by atoms with Crippen LogP contribution in [0, 0.1) is 0 Å². The Morgan fingerprint density at radius 1 is 1.05 bits per heavy atom. The second-order valence-electron chi connectivity index (χ2n) is 4.68. The van der Waals surface area contributed by atoms with Crippen molar-refractivity contribution in [3.8, 4) is 0 Å². The third-order valence-corrected chi connectivity index (χ3v) is 4.49. The highest BCUT2D eigenvalue weighted by Crippen LogP contribution is 2.22. The van der Waals surface area contributed by atoms with Gasteiger partial charge in [0.15, 0.2) is 0 Å². The summed E-state index contributed by atoms with van der Waals surface area (Å²) in [7, 11) is -3.60. The number of sulfonamides is 1. The van der Waals surface area contributed by atoms with Gasteiger partial charge in [-0.15, -0.1) is 0 Å². The average molecular weight is 305 g/mol. The van der Waals surface area contributed by atoms with Crippen LogP contribution in [-0.4, -0.2) is 8.42 Å². The summed E-state index contributed by atoms with van der Waals surface area (Å²) in [6.07, 6.45) is 1.78. The maximum absolute atomic E-state index is 12.4. The van der Waals surface area contributed by atoms with Crippen LogP contribution < -0.4 is 16.0 Å². The van der Waals surface area contributed by atoms with E-state index >= 15 is 0 Å². The highest BCUT2D eigenvalue weighted by atomic mass is 32.2. The summed E-state index contributed by atoms with van der Waals surface area (Å²) in [6.45, 7) is 2.06. The Bertz CT molecular complexity index is 697. The van der Waals surface area contributed by atoms with E-state index in [9.17, 15) is 8.42 Å². The molecule has 0 atom stereocenters. The molecule has 6 heteroatoms. The lowest BCUT2D eigenvalue weighted by atomic mass is 10.1. The van der Waals surface area contributed by atoms with Crippen LogP contribution in [0.5, 0.6) is 0 Å². The number of nitrogens with two attached hydrogens (primary N) is 1. The van der Waals surface area contributed by atoms with Crippen molar-refractivity contribution >= 4 is 21.4 Å². The Morgan fingerprint density at radius 3 is 2.33 bits per heavy atom. The molecule has 0 bridgehead atoms. The monoisotopic (exact) mass is 305 g/mol. The number of aryl methyl sites for hydroxylation is 1. The van der Waals surface area contributed by atoms with Gasteiger partial charge >= 0.3 is 0 Å². The Labute approximate surface area is 125 Å². The van der Waals surface area contributed by atoms with Gasteiger partial charge < -0.3 is 5.43 Å². The van der Waals surface area contributed by atoms with E-state index in [4.69, 9.17) is 5.84 Å². The van der Waals surface area contributed by atoms with Gasteiger partial charge in [0.2, 0.25) is 0 Å². The summed E-state index contributed by atoms with van der Waals surface area (Å²) in [5.74, 6) is 5.27. The van der Waals surface area contributed by atoms with Crippen LogP contribution in [0.3, 0.4) is 0 Å². The minimum Gasteiger partial charge on any atom is -0.324 e. The molecule has 0 fully saturated rings. The zero-order chi connectivity index (χ0) is 15.3. The van der Waals surface area contributed by atoms with Gasteiger partial charge in [0.05, 0.1) is 10.6 Å². The topological polar surface area (TPSA) is 84.2 Å². The zero-order valence-corrected chi connectivity index (χ0v) is 12.7. The van der Waals surface area contributed by atoms with Crippen LogP contribution in [0.1, 0.15) is 18.9 Å². The van der Waals surface area contributed by atoms with E-state index in [-0.39, 0.29) is 4.90 Å². The smallest absolute Gasteiger partial charge is 0.261 e. The standard InChI is InChI=1S/C15H19N3O2S/c1-2-5-12-6-3-4-7-15(12)18-21(19,20)14-10-8-13(17-16)9-11-14/h3-4,6-11,17-18H,2,5,16H2,1H3. The van der Waals surface area contributed by atoms with Crippen molar-refractivity contribution in [3.05, 3.63) is 54.1 Å². The van der Waals surface area contributed by atoms with Crippen molar-refractivity contribution in [2.75, 3.05) is 10.1 Å². The van der Waals surface area contributed by atoms with Gasteiger partial charge in [0.1, 0.15) is 0 Å². The van der Waals surface area contributed by atoms with Gasteiger partial charge in [-0.25, -0.2) is 8.42 Å². The van der Waals surface area contributed by atoms with E-state index in [0.717, 1.165) is 18.4 Å². The molecule has 0 aliphatic rings. The molecular weight excluding hydrogens is 286 g/mol. The van der Waals surface area contributed by atoms with E-state index in [2.05, 4.69) is 17.1 Å². The molecule has 0 aromatic heterocycles. The number of para-hydroxylation sites is 1. The highest BCUT2D eigenvalue weighted by Gasteiger charge is 2.15. The first-order valence-corrected chi connectivity index (χ1v) is 8.22.